The van der Waals surface area contributed by atoms with Crippen molar-refractivity contribution in [1.29, 1.82) is 0 Å². The summed E-state index contributed by atoms with van der Waals surface area (Å²) in [5.41, 5.74) is 0.0756. The summed E-state index contributed by atoms with van der Waals surface area (Å²) < 4.78 is 1.32. The molecule has 1 amide bonds. The average Bonchev–Trinajstić information content (AvgIpc) is 2.83. The van der Waals surface area contributed by atoms with Crippen LogP contribution in [0, 0.1) is 0 Å². The summed E-state index contributed by atoms with van der Waals surface area (Å²) in [4.78, 5) is 26.6. The molecule has 2 aromatic heterocycles. The highest BCUT2D eigenvalue weighted by Crippen LogP contribution is 2.35. The summed E-state index contributed by atoms with van der Waals surface area (Å²) in [7, 11) is 0. The highest BCUT2D eigenvalue weighted by molar-refractivity contribution is 8.00. The van der Waals surface area contributed by atoms with Crippen LogP contribution < -0.4 is 5.32 Å². The number of carbonyl (C=O) groups is 2. The molecule has 118 valence electrons. The molecular formula is C13H16N4O4S. The van der Waals surface area contributed by atoms with E-state index in [1.807, 2.05) is 20.8 Å². The average molecular weight is 324 g/mol. The van der Waals surface area contributed by atoms with Gasteiger partial charge >= 0.3 is 5.97 Å². The van der Waals surface area contributed by atoms with E-state index in [0.29, 0.717) is 5.03 Å². The lowest BCUT2D eigenvalue weighted by Gasteiger charge is -2.18. The lowest BCUT2D eigenvalue weighted by Crippen LogP contribution is -2.29. The number of thioether (sulfide) groups is 1. The minimum Gasteiger partial charge on any atom is -0.507 e. The van der Waals surface area contributed by atoms with Gasteiger partial charge in [-0.15, -0.1) is 11.8 Å². The third-order valence-corrected chi connectivity index (χ3v) is 3.65. The molecular weight excluding hydrogens is 308 g/mol. The van der Waals surface area contributed by atoms with Crippen LogP contribution in [0.25, 0.3) is 5.65 Å². The second kappa shape index (κ2) is 5.84. The summed E-state index contributed by atoms with van der Waals surface area (Å²) >= 11 is 1.46. The molecule has 0 unspecified atom stereocenters. The number of carboxylic acid groups (broad SMARTS) is 1. The predicted octanol–water partition coefficient (Wildman–Crippen LogP) is 1.14. The van der Waals surface area contributed by atoms with Crippen LogP contribution in [-0.4, -0.2) is 48.0 Å². The van der Waals surface area contributed by atoms with Crippen molar-refractivity contribution in [3.63, 3.8) is 0 Å². The van der Waals surface area contributed by atoms with Crippen molar-refractivity contribution in [2.45, 2.75) is 30.5 Å². The van der Waals surface area contributed by atoms with Crippen molar-refractivity contribution >= 4 is 29.3 Å². The number of hydrogen-bond acceptors (Lipinski definition) is 6. The molecule has 22 heavy (non-hydrogen) atoms. The minimum atomic E-state index is -1.18. The van der Waals surface area contributed by atoms with Crippen molar-refractivity contribution in [3.05, 3.63) is 18.0 Å². The van der Waals surface area contributed by atoms with Gasteiger partial charge in [0, 0.05) is 10.8 Å². The van der Waals surface area contributed by atoms with Gasteiger partial charge in [0.25, 0.3) is 5.91 Å². The molecule has 0 saturated carbocycles. The number of nitrogens with zero attached hydrogens (tertiary/aromatic N) is 3. The molecule has 0 aliphatic heterocycles. The maximum absolute atomic E-state index is 12.1. The van der Waals surface area contributed by atoms with Crippen molar-refractivity contribution in [2.24, 2.45) is 0 Å². The van der Waals surface area contributed by atoms with Gasteiger partial charge in [-0.25, -0.2) is 9.50 Å². The molecule has 0 aliphatic carbocycles. The third-order valence-electron chi connectivity index (χ3n) is 2.53. The van der Waals surface area contributed by atoms with Gasteiger partial charge in [-0.2, -0.15) is 5.10 Å². The largest absolute Gasteiger partial charge is 0.507 e. The van der Waals surface area contributed by atoms with Crippen LogP contribution in [-0.2, 0) is 4.79 Å². The van der Waals surface area contributed by atoms with E-state index < -0.39 is 18.4 Å². The number of fused-ring (bicyclic) bond motifs is 1. The molecule has 0 saturated heterocycles. The molecule has 2 rings (SSSR count). The topological polar surface area (TPSA) is 117 Å². The molecule has 9 heteroatoms. The molecule has 0 aromatic carbocycles. The van der Waals surface area contributed by atoms with E-state index in [2.05, 4.69) is 15.4 Å². The van der Waals surface area contributed by atoms with Gasteiger partial charge in [-0.05, 0) is 0 Å². The van der Waals surface area contributed by atoms with Crippen LogP contribution >= 0.6 is 11.8 Å². The number of aromatic nitrogens is 3. The fraction of sp³-hybridized carbons (Fsp3) is 0.385. The number of pyridine rings is 1. The lowest BCUT2D eigenvalue weighted by atomic mass is 10.2. The maximum Gasteiger partial charge on any atom is 0.322 e. The van der Waals surface area contributed by atoms with E-state index in [9.17, 15) is 14.7 Å². The second-order valence-corrected chi connectivity index (χ2v) is 7.38. The first-order chi connectivity index (χ1) is 10.2. The Bertz CT molecular complexity index is 735. The summed E-state index contributed by atoms with van der Waals surface area (Å²) in [6.07, 6.45) is 1.27. The zero-order chi connectivity index (χ0) is 16.5. The first-order valence-electron chi connectivity index (χ1n) is 6.44. The number of aromatic hydroxyl groups is 1. The number of nitrogens with one attached hydrogen (secondary N) is 1. The fourth-order valence-corrected chi connectivity index (χ4v) is 2.80. The Morgan fingerprint density at radius 3 is 2.68 bits per heavy atom. The smallest absolute Gasteiger partial charge is 0.322 e. The molecule has 0 aliphatic rings. The van der Waals surface area contributed by atoms with E-state index in [1.54, 1.807) is 0 Å². The lowest BCUT2D eigenvalue weighted by molar-refractivity contribution is -0.135. The van der Waals surface area contributed by atoms with Crippen LogP contribution in [0.4, 0.5) is 0 Å². The molecule has 2 heterocycles. The van der Waals surface area contributed by atoms with Crippen LogP contribution in [0.15, 0.2) is 17.4 Å². The Morgan fingerprint density at radius 2 is 2.09 bits per heavy atom. The zero-order valence-electron chi connectivity index (χ0n) is 12.3. The molecule has 0 atom stereocenters. The molecule has 0 radical (unpaired) electrons. The van der Waals surface area contributed by atoms with Gasteiger partial charge in [0.15, 0.2) is 5.65 Å². The van der Waals surface area contributed by atoms with Crippen LogP contribution in [0.1, 0.15) is 31.1 Å². The Morgan fingerprint density at radius 1 is 1.41 bits per heavy atom. The number of carbonyl (C=O) groups excluding carboxylic acids is 1. The molecule has 2 aromatic rings. The fourth-order valence-electron chi connectivity index (χ4n) is 1.79. The highest BCUT2D eigenvalue weighted by Gasteiger charge is 2.23. The third kappa shape index (κ3) is 3.48. The van der Waals surface area contributed by atoms with Crippen LogP contribution in [0.5, 0.6) is 5.75 Å². The Hall–Kier alpha value is -2.29. The Balaban J connectivity index is 2.47. The highest BCUT2D eigenvalue weighted by atomic mass is 32.2. The number of aliphatic carboxylic acids is 1. The van der Waals surface area contributed by atoms with Gasteiger partial charge in [0.05, 0.1) is 0 Å². The summed E-state index contributed by atoms with van der Waals surface area (Å²) in [5.74, 6) is -2.16. The quantitative estimate of drug-likeness (QED) is 0.722. The van der Waals surface area contributed by atoms with Gasteiger partial charge in [-0.3, -0.25) is 9.59 Å². The van der Waals surface area contributed by atoms with Gasteiger partial charge < -0.3 is 15.5 Å². The molecule has 0 spiro atoms. The Kier molecular flexibility index (Phi) is 4.27. The molecule has 0 fully saturated rings. The number of rotatable bonds is 4. The van der Waals surface area contributed by atoms with Crippen LogP contribution in [0.3, 0.4) is 0 Å². The van der Waals surface area contributed by atoms with Gasteiger partial charge in [-0.1, -0.05) is 20.8 Å². The van der Waals surface area contributed by atoms with Gasteiger partial charge in [0.2, 0.25) is 0 Å². The molecule has 3 N–H and O–H groups in total. The first-order valence-corrected chi connectivity index (χ1v) is 7.25. The number of amides is 1. The van der Waals surface area contributed by atoms with Crippen LogP contribution in [0.2, 0.25) is 0 Å². The van der Waals surface area contributed by atoms with Crippen molar-refractivity contribution in [2.75, 3.05) is 6.54 Å². The van der Waals surface area contributed by atoms with E-state index in [1.165, 1.54) is 28.7 Å². The molecule has 0 bridgehead atoms. The van der Waals surface area contributed by atoms with Gasteiger partial charge in [0.1, 0.15) is 29.2 Å². The predicted molar refractivity (Wildman–Crippen MR) is 80.2 cm³/mol. The summed E-state index contributed by atoms with van der Waals surface area (Å²) in [6, 6.07) is 1.42. The summed E-state index contributed by atoms with van der Waals surface area (Å²) in [5, 5.41) is 25.6. The van der Waals surface area contributed by atoms with Crippen molar-refractivity contribution < 1.29 is 19.8 Å². The van der Waals surface area contributed by atoms with E-state index in [0.717, 1.165) is 0 Å². The number of hydrogen-bond donors (Lipinski definition) is 3. The van der Waals surface area contributed by atoms with E-state index in [4.69, 9.17) is 5.11 Å². The Labute approximate surface area is 130 Å². The van der Waals surface area contributed by atoms with E-state index >= 15 is 0 Å². The monoisotopic (exact) mass is 324 g/mol. The zero-order valence-corrected chi connectivity index (χ0v) is 13.1. The first kappa shape index (κ1) is 16.1. The summed E-state index contributed by atoms with van der Waals surface area (Å²) in [6.45, 7) is 5.47. The molecule has 8 nitrogen and oxygen atoms in total. The SMILES string of the molecule is CC(C)(C)Sc1cc(O)c(C(=O)NCC(=O)O)c2ncnn12. The number of carboxylic acids is 1. The maximum atomic E-state index is 12.1. The minimum absolute atomic E-state index is 0.1000. The van der Waals surface area contributed by atoms with Crippen molar-refractivity contribution in [1.82, 2.24) is 19.9 Å². The normalized spacial score (nSPS) is 11.6. The van der Waals surface area contributed by atoms with Crippen molar-refractivity contribution in [3.8, 4) is 5.75 Å². The second-order valence-electron chi connectivity index (χ2n) is 5.53. The van der Waals surface area contributed by atoms with E-state index in [-0.39, 0.29) is 21.7 Å². The standard InChI is InChI=1S/C13H16N4O4S/c1-13(2,3)22-8-4-7(18)10(11-15-6-16-17(8)11)12(21)14-5-9(19)20/h4,6,18H,5H2,1-3H3,(H,14,21)(H,19,20).